The van der Waals surface area contributed by atoms with Gasteiger partial charge in [0.1, 0.15) is 5.82 Å². The van der Waals surface area contributed by atoms with Gasteiger partial charge < -0.3 is 9.55 Å². The molecule has 1 aromatic carbocycles. The molecule has 1 heterocycles. The lowest BCUT2D eigenvalue weighted by Crippen LogP contribution is -2.09. The van der Waals surface area contributed by atoms with Crippen molar-refractivity contribution in [1.29, 1.82) is 0 Å². The standard InChI is InChI=1S/C14H18ClFN2S/c1-4-8(2)5-9(3)18-13-7-11(16)10(15)6-12(13)17-14(18)19/h6-9H,4-5H2,1-3H3,(H,17,19). The van der Waals surface area contributed by atoms with E-state index in [1.165, 1.54) is 6.07 Å². The maximum atomic E-state index is 13.6. The molecule has 0 saturated carbocycles. The number of halogens is 2. The minimum Gasteiger partial charge on any atom is -0.331 e. The van der Waals surface area contributed by atoms with Gasteiger partial charge in [-0.05, 0) is 37.5 Å². The molecule has 0 saturated heterocycles. The first kappa shape index (κ1) is 14.5. The van der Waals surface area contributed by atoms with Gasteiger partial charge in [0.25, 0.3) is 0 Å². The average molecular weight is 301 g/mol. The number of aromatic nitrogens is 2. The first-order valence-electron chi connectivity index (χ1n) is 6.53. The molecular weight excluding hydrogens is 283 g/mol. The molecule has 2 unspecified atom stereocenters. The van der Waals surface area contributed by atoms with Crippen molar-refractivity contribution in [2.75, 3.05) is 0 Å². The van der Waals surface area contributed by atoms with Crippen molar-refractivity contribution in [1.82, 2.24) is 9.55 Å². The Balaban J connectivity index is 2.51. The summed E-state index contributed by atoms with van der Waals surface area (Å²) in [6.45, 7) is 6.50. The zero-order valence-electron chi connectivity index (χ0n) is 11.3. The van der Waals surface area contributed by atoms with Crippen molar-refractivity contribution in [3.8, 4) is 0 Å². The Kier molecular flexibility index (Phi) is 4.31. The van der Waals surface area contributed by atoms with E-state index in [-0.39, 0.29) is 11.1 Å². The largest absolute Gasteiger partial charge is 0.331 e. The molecular formula is C14H18ClFN2S. The normalized spacial score (nSPS) is 14.8. The van der Waals surface area contributed by atoms with Gasteiger partial charge in [-0.2, -0.15) is 0 Å². The number of H-pyrrole nitrogens is 1. The predicted molar refractivity (Wildman–Crippen MR) is 80.9 cm³/mol. The van der Waals surface area contributed by atoms with E-state index in [1.807, 2.05) is 4.57 Å². The van der Waals surface area contributed by atoms with Crippen LogP contribution in [-0.4, -0.2) is 9.55 Å². The average Bonchev–Trinajstić information content (AvgIpc) is 2.65. The van der Waals surface area contributed by atoms with Gasteiger partial charge in [-0.15, -0.1) is 0 Å². The van der Waals surface area contributed by atoms with Crippen molar-refractivity contribution in [3.63, 3.8) is 0 Å². The second-order valence-corrected chi connectivity index (χ2v) is 5.98. The van der Waals surface area contributed by atoms with Crippen LogP contribution in [0.4, 0.5) is 4.39 Å². The van der Waals surface area contributed by atoms with E-state index in [9.17, 15) is 4.39 Å². The van der Waals surface area contributed by atoms with Crippen LogP contribution in [0.1, 0.15) is 39.7 Å². The van der Waals surface area contributed by atoms with Gasteiger partial charge >= 0.3 is 0 Å². The van der Waals surface area contributed by atoms with Gasteiger partial charge in [-0.1, -0.05) is 31.9 Å². The van der Waals surface area contributed by atoms with Crippen LogP contribution in [0.2, 0.25) is 5.02 Å². The van der Waals surface area contributed by atoms with Crippen LogP contribution in [-0.2, 0) is 0 Å². The number of nitrogens with zero attached hydrogens (tertiary/aromatic N) is 1. The summed E-state index contributed by atoms with van der Waals surface area (Å²) >= 11 is 11.1. The van der Waals surface area contributed by atoms with Crippen molar-refractivity contribution >= 4 is 34.9 Å². The van der Waals surface area contributed by atoms with Crippen LogP contribution in [0, 0.1) is 16.5 Å². The lowest BCUT2D eigenvalue weighted by molar-refractivity contribution is 0.402. The Morgan fingerprint density at radius 3 is 2.74 bits per heavy atom. The maximum absolute atomic E-state index is 13.6. The number of rotatable bonds is 4. The molecule has 2 rings (SSSR count). The highest BCUT2D eigenvalue weighted by Crippen LogP contribution is 2.28. The molecule has 5 heteroatoms. The molecule has 1 aromatic heterocycles. The third-order valence-corrected chi connectivity index (χ3v) is 4.23. The highest BCUT2D eigenvalue weighted by atomic mass is 35.5. The lowest BCUT2D eigenvalue weighted by atomic mass is 10.0. The third kappa shape index (κ3) is 2.84. The summed E-state index contributed by atoms with van der Waals surface area (Å²) in [4.78, 5) is 3.09. The molecule has 0 bridgehead atoms. The SMILES string of the molecule is CCC(C)CC(C)n1c(=S)[nH]c2cc(Cl)c(F)cc21. The Labute approximate surface area is 122 Å². The van der Waals surface area contributed by atoms with Crippen LogP contribution in [0.15, 0.2) is 12.1 Å². The summed E-state index contributed by atoms with van der Waals surface area (Å²) < 4.78 is 16.2. The number of imidazole rings is 1. The second-order valence-electron chi connectivity index (χ2n) is 5.18. The Hall–Kier alpha value is -0.870. The molecule has 1 N–H and O–H groups in total. The Bertz CT molecular complexity index is 647. The first-order valence-corrected chi connectivity index (χ1v) is 7.31. The van der Waals surface area contributed by atoms with Crippen LogP contribution in [0.25, 0.3) is 11.0 Å². The van der Waals surface area contributed by atoms with Gasteiger partial charge in [-0.25, -0.2) is 4.39 Å². The van der Waals surface area contributed by atoms with E-state index < -0.39 is 5.82 Å². The topological polar surface area (TPSA) is 20.7 Å². The molecule has 0 aliphatic carbocycles. The van der Waals surface area contributed by atoms with Gasteiger partial charge in [0.05, 0.1) is 16.1 Å². The summed E-state index contributed by atoms with van der Waals surface area (Å²) in [5.41, 5.74) is 1.56. The summed E-state index contributed by atoms with van der Waals surface area (Å²) in [5.74, 6) is 0.201. The monoisotopic (exact) mass is 300 g/mol. The zero-order valence-corrected chi connectivity index (χ0v) is 12.9. The van der Waals surface area contributed by atoms with Gasteiger partial charge in [0.2, 0.25) is 0 Å². The number of benzene rings is 1. The lowest BCUT2D eigenvalue weighted by Gasteiger charge is -2.18. The van der Waals surface area contributed by atoms with E-state index in [0.717, 1.165) is 23.9 Å². The van der Waals surface area contributed by atoms with Gasteiger partial charge in [0, 0.05) is 12.1 Å². The van der Waals surface area contributed by atoms with Crippen LogP contribution >= 0.6 is 23.8 Å². The molecule has 0 aliphatic heterocycles. The van der Waals surface area contributed by atoms with Gasteiger partial charge in [-0.3, -0.25) is 0 Å². The Morgan fingerprint density at radius 2 is 2.11 bits per heavy atom. The summed E-state index contributed by atoms with van der Waals surface area (Å²) in [5, 5.41) is 0.116. The smallest absolute Gasteiger partial charge is 0.178 e. The van der Waals surface area contributed by atoms with Gasteiger partial charge in [0.15, 0.2) is 4.77 Å². The fourth-order valence-corrected chi connectivity index (χ4v) is 2.96. The zero-order chi connectivity index (χ0) is 14.2. The fraction of sp³-hybridized carbons (Fsp3) is 0.500. The van der Waals surface area contributed by atoms with E-state index in [1.54, 1.807) is 6.07 Å². The number of fused-ring (bicyclic) bond motifs is 1. The summed E-state index contributed by atoms with van der Waals surface area (Å²) in [7, 11) is 0. The van der Waals surface area contributed by atoms with Crippen molar-refractivity contribution < 1.29 is 4.39 Å². The van der Waals surface area contributed by atoms with Crippen LogP contribution in [0.3, 0.4) is 0 Å². The summed E-state index contributed by atoms with van der Waals surface area (Å²) in [6.07, 6.45) is 2.14. The molecule has 0 amide bonds. The number of hydrogen-bond donors (Lipinski definition) is 1. The third-order valence-electron chi connectivity index (χ3n) is 3.64. The number of hydrogen-bond acceptors (Lipinski definition) is 1. The molecule has 104 valence electrons. The van der Waals surface area contributed by atoms with E-state index >= 15 is 0 Å². The van der Waals surface area contributed by atoms with Crippen molar-refractivity contribution in [2.24, 2.45) is 5.92 Å². The van der Waals surface area contributed by atoms with E-state index in [4.69, 9.17) is 23.8 Å². The molecule has 19 heavy (non-hydrogen) atoms. The molecule has 0 radical (unpaired) electrons. The minimum absolute atomic E-state index is 0.116. The van der Waals surface area contributed by atoms with Crippen LogP contribution < -0.4 is 0 Å². The highest BCUT2D eigenvalue weighted by molar-refractivity contribution is 7.71. The van der Waals surface area contributed by atoms with E-state index in [0.29, 0.717) is 10.7 Å². The molecule has 0 aliphatic rings. The molecule has 0 spiro atoms. The molecule has 2 atom stereocenters. The van der Waals surface area contributed by atoms with Crippen LogP contribution in [0.5, 0.6) is 0 Å². The van der Waals surface area contributed by atoms with Crippen molar-refractivity contribution in [2.45, 2.75) is 39.7 Å². The molecule has 0 fully saturated rings. The van der Waals surface area contributed by atoms with E-state index in [2.05, 4.69) is 25.8 Å². The highest BCUT2D eigenvalue weighted by Gasteiger charge is 2.15. The fourth-order valence-electron chi connectivity index (χ4n) is 2.41. The minimum atomic E-state index is -0.410. The quantitative estimate of drug-likeness (QED) is 0.741. The molecule has 2 aromatic rings. The molecule has 2 nitrogen and oxygen atoms in total. The number of nitrogens with one attached hydrogen (secondary N) is 1. The number of aromatic amines is 1. The van der Waals surface area contributed by atoms with Crippen molar-refractivity contribution in [3.05, 3.63) is 27.7 Å². The second kappa shape index (κ2) is 5.63. The first-order chi connectivity index (χ1) is 8.93. The Morgan fingerprint density at radius 1 is 1.42 bits per heavy atom. The summed E-state index contributed by atoms with van der Waals surface area (Å²) in [6, 6.07) is 3.28. The maximum Gasteiger partial charge on any atom is 0.178 e. The predicted octanol–water partition coefficient (Wildman–Crippen LogP) is 5.49.